The first-order chi connectivity index (χ1) is 8.31. The van der Waals surface area contributed by atoms with Gasteiger partial charge in [0.05, 0.1) is 11.7 Å². The van der Waals surface area contributed by atoms with Crippen molar-refractivity contribution in [2.45, 2.75) is 18.9 Å². The lowest BCUT2D eigenvalue weighted by Crippen LogP contribution is -2.36. The van der Waals surface area contributed by atoms with Crippen LogP contribution in [0.2, 0.25) is 0 Å². The van der Waals surface area contributed by atoms with Crippen LogP contribution in [0.25, 0.3) is 10.9 Å². The van der Waals surface area contributed by atoms with E-state index in [9.17, 15) is 0 Å². The number of aromatic nitrogens is 2. The third-order valence-corrected chi connectivity index (χ3v) is 3.53. The van der Waals surface area contributed by atoms with Crippen LogP contribution in [0.4, 0.5) is 5.69 Å². The Kier molecular flexibility index (Phi) is 2.73. The molecule has 0 saturated carbocycles. The second-order valence-corrected chi connectivity index (χ2v) is 4.89. The van der Waals surface area contributed by atoms with Gasteiger partial charge in [0.15, 0.2) is 0 Å². The maximum atomic E-state index is 4.04. The van der Waals surface area contributed by atoms with Crippen LogP contribution in [0.1, 0.15) is 12.8 Å². The molecule has 1 aromatic carbocycles. The SMILES string of the molecule is CN1CCC(Nc2ccc3cn[nH]c3c2)CC1. The summed E-state index contributed by atoms with van der Waals surface area (Å²) in [5, 5.41) is 11.8. The van der Waals surface area contributed by atoms with Crippen molar-refractivity contribution in [3.8, 4) is 0 Å². The molecule has 1 saturated heterocycles. The molecule has 1 aliphatic heterocycles. The molecular weight excluding hydrogens is 212 g/mol. The van der Waals surface area contributed by atoms with Crippen molar-refractivity contribution >= 4 is 16.6 Å². The van der Waals surface area contributed by atoms with Crippen molar-refractivity contribution in [2.24, 2.45) is 0 Å². The molecular formula is C13H18N4. The predicted octanol–water partition coefficient (Wildman–Crippen LogP) is 2.07. The molecule has 90 valence electrons. The van der Waals surface area contributed by atoms with E-state index in [2.05, 4.69) is 45.7 Å². The zero-order valence-corrected chi connectivity index (χ0v) is 10.1. The van der Waals surface area contributed by atoms with Gasteiger partial charge >= 0.3 is 0 Å². The maximum Gasteiger partial charge on any atom is 0.0670 e. The van der Waals surface area contributed by atoms with Crippen molar-refractivity contribution in [1.29, 1.82) is 0 Å². The van der Waals surface area contributed by atoms with Crippen molar-refractivity contribution in [3.05, 3.63) is 24.4 Å². The lowest BCUT2D eigenvalue weighted by atomic mass is 10.1. The number of nitrogens with zero attached hydrogens (tertiary/aromatic N) is 2. The maximum absolute atomic E-state index is 4.04. The molecule has 0 aliphatic carbocycles. The van der Waals surface area contributed by atoms with Crippen molar-refractivity contribution in [2.75, 3.05) is 25.5 Å². The van der Waals surface area contributed by atoms with Crippen LogP contribution in [-0.4, -0.2) is 41.3 Å². The number of benzene rings is 1. The van der Waals surface area contributed by atoms with E-state index in [1.54, 1.807) is 0 Å². The van der Waals surface area contributed by atoms with Crippen LogP contribution < -0.4 is 5.32 Å². The Bertz CT molecular complexity index is 497. The van der Waals surface area contributed by atoms with Gasteiger partial charge in [0.25, 0.3) is 0 Å². The summed E-state index contributed by atoms with van der Waals surface area (Å²) < 4.78 is 0. The molecule has 0 spiro atoms. The van der Waals surface area contributed by atoms with E-state index in [1.165, 1.54) is 37.0 Å². The molecule has 0 amide bonds. The van der Waals surface area contributed by atoms with E-state index in [-0.39, 0.29) is 0 Å². The Hall–Kier alpha value is -1.55. The van der Waals surface area contributed by atoms with Gasteiger partial charge in [-0.1, -0.05) is 0 Å². The first-order valence-electron chi connectivity index (χ1n) is 6.19. The summed E-state index contributed by atoms with van der Waals surface area (Å²) in [6, 6.07) is 6.99. The highest BCUT2D eigenvalue weighted by Gasteiger charge is 2.16. The Morgan fingerprint density at radius 1 is 1.35 bits per heavy atom. The fourth-order valence-electron chi connectivity index (χ4n) is 2.42. The number of aromatic amines is 1. The van der Waals surface area contributed by atoms with Gasteiger partial charge in [0.1, 0.15) is 0 Å². The Morgan fingerprint density at radius 3 is 3.00 bits per heavy atom. The number of H-pyrrole nitrogens is 1. The van der Waals surface area contributed by atoms with Gasteiger partial charge in [-0.25, -0.2) is 0 Å². The van der Waals surface area contributed by atoms with Crippen LogP contribution in [0.5, 0.6) is 0 Å². The molecule has 17 heavy (non-hydrogen) atoms. The number of hydrogen-bond donors (Lipinski definition) is 2. The molecule has 2 heterocycles. The molecule has 4 heteroatoms. The predicted molar refractivity (Wildman–Crippen MR) is 70.2 cm³/mol. The topological polar surface area (TPSA) is 44.0 Å². The lowest BCUT2D eigenvalue weighted by molar-refractivity contribution is 0.264. The average molecular weight is 230 g/mol. The standard InChI is InChI=1S/C13H18N4/c1-17-6-4-11(5-7-17)15-12-3-2-10-9-14-16-13(10)8-12/h2-3,8-9,11,15H,4-7H2,1H3,(H,14,16). The van der Waals surface area contributed by atoms with Gasteiger partial charge in [0, 0.05) is 17.1 Å². The molecule has 0 atom stereocenters. The normalized spacial score (nSPS) is 18.6. The summed E-state index contributed by atoms with van der Waals surface area (Å²) in [6.45, 7) is 2.37. The highest BCUT2D eigenvalue weighted by Crippen LogP contribution is 2.20. The monoisotopic (exact) mass is 230 g/mol. The van der Waals surface area contributed by atoms with Crippen LogP contribution in [0.15, 0.2) is 24.4 Å². The summed E-state index contributed by atoms with van der Waals surface area (Å²) in [4.78, 5) is 2.39. The van der Waals surface area contributed by atoms with E-state index in [0.717, 1.165) is 5.52 Å². The number of rotatable bonds is 2. The number of fused-ring (bicyclic) bond motifs is 1. The Morgan fingerprint density at radius 2 is 2.18 bits per heavy atom. The smallest absolute Gasteiger partial charge is 0.0670 e. The molecule has 4 nitrogen and oxygen atoms in total. The zero-order valence-electron chi connectivity index (χ0n) is 10.1. The minimum absolute atomic E-state index is 0.603. The van der Waals surface area contributed by atoms with E-state index in [0.29, 0.717) is 6.04 Å². The fourth-order valence-corrected chi connectivity index (χ4v) is 2.42. The van der Waals surface area contributed by atoms with Crippen LogP contribution in [0.3, 0.4) is 0 Å². The highest BCUT2D eigenvalue weighted by molar-refractivity contribution is 5.81. The lowest BCUT2D eigenvalue weighted by Gasteiger charge is -2.30. The van der Waals surface area contributed by atoms with Gasteiger partial charge in [-0.3, -0.25) is 5.10 Å². The second kappa shape index (κ2) is 4.37. The molecule has 2 aromatic rings. The minimum Gasteiger partial charge on any atom is -0.382 e. The molecule has 3 rings (SSSR count). The third kappa shape index (κ3) is 2.26. The van der Waals surface area contributed by atoms with Gasteiger partial charge in [-0.15, -0.1) is 0 Å². The Balaban J connectivity index is 1.71. The number of likely N-dealkylation sites (tertiary alicyclic amines) is 1. The molecule has 1 aromatic heterocycles. The van der Waals surface area contributed by atoms with Gasteiger partial charge in [-0.2, -0.15) is 5.10 Å². The molecule has 1 aliphatic rings. The molecule has 0 bridgehead atoms. The fraction of sp³-hybridized carbons (Fsp3) is 0.462. The zero-order chi connectivity index (χ0) is 11.7. The summed E-state index contributed by atoms with van der Waals surface area (Å²) in [5.41, 5.74) is 2.29. The first-order valence-corrected chi connectivity index (χ1v) is 6.19. The summed E-state index contributed by atoms with van der Waals surface area (Å²) >= 11 is 0. The van der Waals surface area contributed by atoms with Crippen molar-refractivity contribution < 1.29 is 0 Å². The molecule has 1 fully saturated rings. The molecule has 0 radical (unpaired) electrons. The third-order valence-electron chi connectivity index (χ3n) is 3.53. The molecule has 2 N–H and O–H groups in total. The van der Waals surface area contributed by atoms with E-state index < -0.39 is 0 Å². The average Bonchev–Trinajstić information content (AvgIpc) is 2.79. The summed E-state index contributed by atoms with van der Waals surface area (Å²) in [5.74, 6) is 0. The Labute approximate surface area is 101 Å². The van der Waals surface area contributed by atoms with E-state index >= 15 is 0 Å². The minimum atomic E-state index is 0.603. The van der Waals surface area contributed by atoms with Crippen molar-refractivity contribution in [3.63, 3.8) is 0 Å². The van der Waals surface area contributed by atoms with Gasteiger partial charge < -0.3 is 10.2 Å². The first kappa shape index (κ1) is 10.6. The van der Waals surface area contributed by atoms with Gasteiger partial charge in [-0.05, 0) is 51.2 Å². The number of piperidine rings is 1. The highest BCUT2D eigenvalue weighted by atomic mass is 15.1. The van der Waals surface area contributed by atoms with E-state index in [4.69, 9.17) is 0 Å². The van der Waals surface area contributed by atoms with E-state index in [1.807, 2.05) is 6.20 Å². The second-order valence-electron chi connectivity index (χ2n) is 4.89. The quantitative estimate of drug-likeness (QED) is 0.830. The largest absolute Gasteiger partial charge is 0.382 e. The summed E-state index contributed by atoms with van der Waals surface area (Å²) in [7, 11) is 2.19. The van der Waals surface area contributed by atoms with Gasteiger partial charge in [0.2, 0.25) is 0 Å². The number of anilines is 1. The van der Waals surface area contributed by atoms with Crippen molar-refractivity contribution in [1.82, 2.24) is 15.1 Å². The number of hydrogen-bond acceptors (Lipinski definition) is 3. The molecule has 0 unspecified atom stereocenters. The summed E-state index contributed by atoms with van der Waals surface area (Å²) in [6.07, 6.45) is 4.30. The van der Waals surface area contributed by atoms with Crippen LogP contribution in [-0.2, 0) is 0 Å². The van der Waals surface area contributed by atoms with Crippen LogP contribution >= 0.6 is 0 Å². The number of nitrogens with one attached hydrogen (secondary N) is 2. The van der Waals surface area contributed by atoms with Crippen LogP contribution in [0, 0.1) is 0 Å².